The topological polar surface area (TPSA) is 184 Å². The standard InChI is InChI=1S/C28H25N5O6/c1-14-9-18(31-15(2)34)6-7-19(14)20-12-25(36)22(11-24(20)33(4)16(3)35)26(30)27(37)32-23-8-5-17(13-29)10-21(23)28(38)39/h5-12,30,36H,1-4H3,(H,31,34)(H,32,37)(H,38,39). The molecule has 3 aromatic carbocycles. The summed E-state index contributed by atoms with van der Waals surface area (Å²) in [7, 11) is 1.50. The molecule has 0 atom stereocenters. The molecule has 0 bridgehead atoms. The molecular formula is C28H25N5O6. The van der Waals surface area contributed by atoms with Gasteiger partial charge >= 0.3 is 5.97 Å². The molecule has 0 aliphatic rings. The zero-order valence-corrected chi connectivity index (χ0v) is 21.5. The van der Waals surface area contributed by atoms with Gasteiger partial charge in [0.2, 0.25) is 11.8 Å². The maximum absolute atomic E-state index is 12.9. The van der Waals surface area contributed by atoms with Crippen molar-refractivity contribution in [3.8, 4) is 22.9 Å². The molecule has 0 saturated heterocycles. The van der Waals surface area contributed by atoms with E-state index in [0.717, 1.165) is 11.6 Å². The second kappa shape index (κ2) is 11.3. The number of phenolic OH excluding ortho intramolecular Hbond substituents is 1. The quantitative estimate of drug-likeness (QED) is 0.289. The van der Waals surface area contributed by atoms with Crippen molar-refractivity contribution in [3.05, 3.63) is 70.8 Å². The van der Waals surface area contributed by atoms with Gasteiger partial charge < -0.3 is 25.7 Å². The predicted octanol–water partition coefficient (Wildman–Crippen LogP) is 3.89. The highest BCUT2D eigenvalue weighted by Gasteiger charge is 2.24. The number of aromatic carboxylic acids is 1. The number of aryl methyl sites for hydroxylation is 1. The Morgan fingerprint density at radius 2 is 1.64 bits per heavy atom. The molecule has 198 valence electrons. The van der Waals surface area contributed by atoms with Crippen LogP contribution in [0, 0.1) is 23.7 Å². The molecule has 0 aliphatic heterocycles. The third kappa shape index (κ3) is 6.08. The van der Waals surface area contributed by atoms with Gasteiger partial charge in [-0.25, -0.2) is 4.79 Å². The molecule has 0 spiro atoms. The molecule has 0 aliphatic carbocycles. The fourth-order valence-electron chi connectivity index (χ4n) is 3.89. The number of benzene rings is 3. The van der Waals surface area contributed by atoms with Gasteiger partial charge in [0.15, 0.2) is 0 Å². The van der Waals surface area contributed by atoms with E-state index in [0.29, 0.717) is 22.5 Å². The first-order valence-electron chi connectivity index (χ1n) is 11.5. The fraction of sp³-hybridized carbons (Fsp3) is 0.143. The van der Waals surface area contributed by atoms with Crippen LogP contribution in [0.2, 0.25) is 0 Å². The minimum atomic E-state index is -1.38. The van der Waals surface area contributed by atoms with Gasteiger partial charge in [-0.15, -0.1) is 0 Å². The summed E-state index contributed by atoms with van der Waals surface area (Å²) in [5.74, 6) is -3.41. The Kier molecular flexibility index (Phi) is 8.11. The Bertz CT molecular complexity index is 1590. The molecule has 39 heavy (non-hydrogen) atoms. The number of anilines is 3. The number of carbonyl (C=O) groups is 4. The minimum absolute atomic E-state index is 0.0750. The van der Waals surface area contributed by atoms with Crippen molar-refractivity contribution in [2.24, 2.45) is 0 Å². The number of rotatable bonds is 7. The van der Waals surface area contributed by atoms with E-state index in [4.69, 9.17) is 10.7 Å². The number of aromatic hydroxyl groups is 1. The van der Waals surface area contributed by atoms with E-state index in [1.54, 1.807) is 25.1 Å². The maximum Gasteiger partial charge on any atom is 0.337 e. The molecule has 0 saturated carbocycles. The van der Waals surface area contributed by atoms with Crippen molar-refractivity contribution < 1.29 is 29.4 Å². The smallest absolute Gasteiger partial charge is 0.337 e. The van der Waals surface area contributed by atoms with Crippen LogP contribution in [0.25, 0.3) is 11.1 Å². The van der Waals surface area contributed by atoms with Gasteiger partial charge in [0, 0.05) is 37.7 Å². The number of carbonyl (C=O) groups excluding carboxylic acids is 3. The molecule has 3 amide bonds. The molecule has 0 radical (unpaired) electrons. The van der Waals surface area contributed by atoms with Gasteiger partial charge in [0.25, 0.3) is 5.91 Å². The number of phenols is 1. The lowest BCUT2D eigenvalue weighted by molar-refractivity contribution is -0.116. The van der Waals surface area contributed by atoms with Crippen LogP contribution in [0.5, 0.6) is 5.75 Å². The molecule has 0 fully saturated rings. The van der Waals surface area contributed by atoms with Crippen LogP contribution in [0.3, 0.4) is 0 Å². The van der Waals surface area contributed by atoms with Gasteiger partial charge in [0.05, 0.1) is 28.6 Å². The van der Waals surface area contributed by atoms with E-state index in [1.165, 1.54) is 50.1 Å². The number of carboxylic acids is 1. The average Bonchev–Trinajstić information content (AvgIpc) is 2.87. The van der Waals surface area contributed by atoms with Gasteiger partial charge in [-0.2, -0.15) is 5.26 Å². The van der Waals surface area contributed by atoms with Crippen LogP contribution >= 0.6 is 0 Å². The van der Waals surface area contributed by atoms with Gasteiger partial charge in [-0.3, -0.25) is 19.8 Å². The number of hydrogen-bond donors (Lipinski definition) is 5. The molecule has 0 heterocycles. The Morgan fingerprint density at radius 1 is 0.949 bits per heavy atom. The third-order valence-electron chi connectivity index (χ3n) is 5.91. The number of nitriles is 1. The number of carboxylic acid groups (broad SMARTS) is 1. The van der Waals surface area contributed by atoms with Crippen LogP contribution in [0.1, 0.15) is 40.9 Å². The van der Waals surface area contributed by atoms with Crippen LogP contribution in [0.15, 0.2) is 48.5 Å². The zero-order chi connectivity index (χ0) is 29.0. The highest BCUT2D eigenvalue weighted by Crippen LogP contribution is 2.38. The summed E-state index contributed by atoms with van der Waals surface area (Å²) in [4.78, 5) is 49.5. The largest absolute Gasteiger partial charge is 0.507 e. The Balaban J connectivity index is 2.06. The van der Waals surface area contributed by atoms with E-state index < -0.39 is 23.3 Å². The van der Waals surface area contributed by atoms with Gasteiger partial charge in [0.1, 0.15) is 11.5 Å². The normalized spacial score (nSPS) is 10.2. The van der Waals surface area contributed by atoms with Crippen LogP contribution < -0.4 is 15.5 Å². The number of nitrogens with zero attached hydrogens (tertiary/aromatic N) is 2. The van der Waals surface area contributed by atoms with E-state index in [1.807, 2.05) is 6.07 Å². The molecule has 3 aromatic rings. The first kappa shape index (κ1) is 28.1. The molecule has 5 N–H and O–H groups in total. The Morgan fingerprint density at radius 3 is 2.21 bits per heavy atom. The molecule has 11 heteroatoms. The summed E-state index contributed by atoms with van der Waals surface area (Å²) in [5, 5.41) is 42.8. The Labute approximate surface area is 223 Å². The molecule has 0 unspecified atom stereocenters. The summed E-state index contributed by atoms with van der Waals surface area (Å²) < 4.78 is 0. The first-order chi connectivity index (χ1) is 18.3. The Hall–Kier alpha value is -5.50. The van der Waals surface area contributed by atoms with E-state index in [-0.39, 0.29) is 34.2 Å². The number of amides is 3. The molecule has 0 aromatic heterocycles. The average molecular weight is 528 g/mol. The van der Waals surface area contributed by atoms with E-state index >= 15 is 0 Å². The summed E-state index contributed by atoms with van der Waals surface area (Å²) in [6.07, 6.45) is 0. The third-order valence-corrected chi connectivity index (χ3v) is 5.91. The first-order valence-corrected chi connectivity index (χ1v) is 11.5. The summed E-state index contributed by atoms with van der Waals surface area (Å²) in [6.45, 7) is 4.50. The monoisotopic (exact) mass is 527 g/mol. The van der Waals surface area contributed by atoms with E-state index in [9.17, 15) is 29.4 Å². The van der Waals surface area contributed by atoms with Gasteiger partial charge in [-0.05, 0) is 60.5 Å². The van der Waals surface area contributed by atoms with E-state index in [2.05, 4.69) is 10.6 Å². The number of hydrogen-bond acceptors (Lipinski definition) is 7. The highest BCUT2D eigenvalue weighted by atomic mass is 16.4. The second-order valence-corrected chi connectivity index (χ2v) is 8.68. The minimum Gasteiger partial charge on any atom is -0.507 e. The number of nitrogens with one attached hydrogen (secondary N) is 3. The lowest BCUT2D eigenvalue weighted by Crippen LogP contribution is -2.26. The van der Waals surface area contributed by atoms with Crippen molar-refractivity contribution in [2.75, 3.05) is 22.6 Å². The lowest BCUT2D eigenvalue weighted by atomic mass is 9.94. The summed E-state index contributed by atoms with van der Waals surface area (Å²) in [5.41, 5.74) is 1.37. The van der Waals surface area contributed by atoms with Crippen LogP contribution in [-0.4, -0.2) is 46.7 Å². The summed E-state index contributed by atoms with van der Waals surface area (Å²) >= 11 is 0. The SMILES string of the molecule is CC(=O)Nc1ccc(-c2cc(O)c(C(=N)C(=O)Nc3ccc(C#N)cc3C(=O)O)cc2N(C)C(C)=O)c(C)c1. The van der Waals surface area contributed by atoms with Crippen molar-refractivity contribution in [2.45, 2.75) is 20.8 Å². The molecule has 11 nitrogen and oxygen atoms in total. The van der Waals surface area contributed by atoms with Gasteiger partial charge in [-0.1, -0.05) is 6.07 Å². The molecular weight excluding hydrogens is 502 g/mol. The molecule has 3 rings (SSSR count). The second-order valence-electron chi connectivity index (χ2n) is 8.68. The van der Waals surface area contributed by atoms with Crippen LogP contribution in [-0.2, 0) is 14.4 Å². The van der Waals surface area contributed by atoms with Crippen molar-refractivity contribution >= 4 is 46.5 Å². The highest BCUT2D eigenvalue weighted by molar-refractivity contribution is 6.48. The maximum atomic E-state index is 12.9. The predicted molar refractivity (Wildman–Crippen MR) is 145 cm³/mol. The zero-order valence-electron chi connectivity index (χ0n) is 21.5. The van der Waals surface area contributed by atoms with Crippen LogP contribution in [0.4, 0.5) is 17.1 Å². The van der Waals surface area contributed by atoms with Crippen molar-refractivity contribution in [1.29, 1.82) is 10.7 Å². The summed E-state index contributed by atoms with van der Waals surface area (Å²) in [6, 6.07) is 13.2. The fourth-order valence-corrected chi connectivity index (χ4v) is 3.89. The lowest BCUT2D eigenvalue weighted by Gasteiger charge is -2.22. The van der Waals surface area contributed by atoms with Crippen molar-refractivity contribution in [3.63, 3.8) is 0 Å². The van der Waals surface area contributed by atoms with Crippen molar-refractivity contribution in [1.82, 2.24) is 0 Å².